The highest BCUT2D eigenvalue weighted by atomic mass is 35.5. The average Bonchev–Trinajstić information content (AvgIpc) is 2.24. The molecular formula is C11H10ClN3O. The number of benzene rings is 1. The van der Waals surface area contributed by atoms with E-state index in [0.29, 0.717) is 16.7 Å². The highest BCUT2D eigenvalue weighted by Gasteiger charge is 2.03. The van der Waals surface area contributed by atoms with Crippen LogP contribution in [0.4, 0.5) is 5.95 Å². The fraction of sp³-hybridized carbons (Fsp3) is 0.0909. The molecule has 1 aromatic heterocycles. The highest BCUT2D eigenvalue weighted by Crippen LogP contribution is 2.26. The first kappa shape index (κ1) is 10.7. The van der Waals surface area contributed by atoms with E-state index in [9.17, 15) is 0 Å². The zero-order chi connectivity index (χ0) is 11.5. The van der Waals surface area contributed by atoms with E-state index >= 15 is 0 Å². The van der Waals surface area contributed by atoms with Crippen LogP contribution in [0.5, 0.6) is 11.6 Å². The number of aryl methyl sites for hydroxylation is 1. The Labute approximate surface area is 98.0 Å². The lowest BCUT2D eigenvalue weighted by molar-refractivity contribution is 0.459. The molecule has 0 saturated carbocycles. The Morgan fingerprint density at radius 2 is 2.12 bits per heavy atom. The third-order valence-electron chi connectivity index (χ3n) is 2.01. The summed E-state index contributed by atoms with van der Waals surface area (Å²) in [4.78, 5) is 7.72. The molecule has 16 heavy (non-hydrogen) atoms. The maximum absolute atomic E-state index is 5.88. The van der Waals surface area contributed by atoms with Crippen LogP contribution >= 0.6 is 11.6 Å². The quantitative estimate of drug-likeness (QED) is 0.870. The third-order valence-corrected chi connectivity index (χ3v) is 2.25. The van der Waals surface area contributed by atoms with Crippen LogP contribution in [-0.4, -0.2) is 9.97 Å². The molecule has 0 spiro atoms. The van der Waals surface area contributed by atoms with Crippen molar-refractivity contribution in [2.24, 2.45) is 0 Å². The van der Waals surface area contributed by atoms with Crippen molar-refractivity contribution in [3.8, 4) is 11.6 Å². The summed E-state index contributed by atoms with van der Waals surface area (Å²) in [6, 6.07) is 7.05. The number of ether oxygens (including phenoxy) is 1. The minimum Gasteiger partial charge on any atom is -0.439 e. The van der Waals surface area contributed by atoms with Gasteiger partial charge in [-0.25, -0.2) is 4.98 Å². The van der Waals surface area contributed by atoms with Crippen molar-refractivity contribution >= 4 is 17.5 Å². The number of anilines is 1. The van der Waals surface area contributed by atoms with Gasteiger partial charge in [0, 0.05) is 17.3 Å². The van der Waals surface area contributed by atoms with E-state index in [1.165, 1.54) is 6.20 Å². The van der Waals surface area contributed by atoms with E-state index in [2.05, 4.69) is 9.97 Å². The Balaban J connectivity index is 2.30. The van der Waals surface area contributed by atoms with Crippen LogP contribution in [0, 0.1) is 6.92 Å². The summed E-state index contributed by atoms with van der Waals surface area (Å²) in [6.07, 6.45) is 1.54. The van der Waals surface area contributed by atoms with Gasteiger partial charge in [-0.05, 0) is 24.6 Å². The van der Waals surface area contributed by atoms with Gasteiger partial charge in [0.05, 0.1) is 0 Å². The summed E-state index contributed by atoms with van der Waals surface area (Å²) in [6.45, 7) is 1.93. The summed E-state index contributed by atoms with van der Waals surface area (Å²) in [7, 11) is 0. The van der Waals surface area contributed by atoms with Gasteiger partial charge in [0.2, 0.25) is 11.8 Å². The molecule has 5 heteroatoms. The van der Waals surface area contributed by atoms with E-state index in [1.807, 2.05) is 13.0 Å². The first-order chi connectivity index (χ1) is 7.65. The van der Waals surface area contributed by atoms with Gasteiger partial charge < -0.3 is 10.5 Å². The Hall–Kier alpha value is -1.81. The lowest BCUT2D eigenvalue weighted by atomic mass is 10.2. The molecule has 1 heterocycles. The van der Waals surface area contributed by atoms with E-state index in [1.54, 1.807) is 18.2 Å². The molecule has 0 bridgehead atoms. The van der Waals surface area contributed by atoms with Gasteiger partial charge in [0.25, 0.3) is 0 Å². The van der Waals surface area contributed by atoms with Crippen molar-refractivity contribution < 1.29 is 4.74 Å². The summed E-state index contributed by atoms with van der Waals surface area (Å²) in [5.74, 6) is 1.24. The largest absolute Gasteiger partial charge is 0.439 e. The van der Waals surface area contributed by atoms with Gasteiger partial charge >= 0.3 is 0 Å². The number of nitrogens with zero attached hydrogens (tertiary/aromatic N) is 2. The monoisotopic (exact) mass is 235 g/mol. The van der Waals surface area contributed by atoms with Crippen molar-refractivity contribution in [1.82, 2.24) is 9.97 Å². The molecule has 2 aromatic rings. The van der Waals surface area contributed by atoms with Crippen LogP contribution < -0.4 is 10.5 Å². The lowest BCUT2D eigenvalue weighted by Gasteiger charge is -2.07. The topological polar surface area (TPSA) is 61.0 Å². The fourth-order valence-corrected chi connectivity index (χ4v) is 1.37. The highest BCUT2D eigenvalue weighted by molar-refractivity contribution is 6.30. The van der Waals surface area contributed by atoms with Crippen LogP contribution in [0.2, 0.25) is 5.02 Å². The number of nitrogens with two attached hydrogens (primary N) is 1. The molecule has 0 atom stereocenters. The second-order valence-electron chi connectivity index (χ2n) is 3.26. The summed E-state index contributed by atoms with van der Waals surface area (Å²) >= 11 is 5.88. The number of halogens is 1. The van der Waals surface area contributed by atoms with Crippen LogP contribution in [0.3, 0.4) is 0 Å². The van der Waals surface area contributed by atoms with Crippen molar-refractivity contribution in [2.75, 3.05) is 5.73 Å². The van der Waals surface area contributed by atoms with Crippen molar-refractivity contribution in [3.63, 3.8) is 0 Å². The van der Waals surface area contributed by atoms with Gasteiger partial charge in [-0.15, -0.1) is 0 Å². The Morgan fingerprint density at radius 1 is 1.31 bits per heavy atom. The van der Waals surface area contributed by atoms with Crippen LogP contribution in [0.25, 0.3) is 0 Å². The van der Waals surface area contributed by atoms with Crippen molar-refractivity contribution in [2.45, 2.75) is 6.92 Å². The first-order valence-electron chi connectivity index (χ1n) is 4.67. The molecule has 0 aliphatic rings. The molecule has 0 unspecified atom stereocenters. The van der Waals surface area contributed by atoms with Crippen molar-refractivity contribution in [3.05, 3.63) is 41.0 Å². The summed E-state index contributed by atoms with van der Waals surface area (Å²) in [5, 5.41) is 0.614. The molecular weight excluding hydrogens is 226 g/mol. The molecule has 1 aromatic carbocycles. The minimum atomic E-state index is 0.178. The number of hydrogen-bond acceptors (Lipinski definition) is 4. The Bertz CT molecular complexity index is 516. The average molecular weight is 236 g/mol. The van der Waals surface area contributed by atoms with Gasteiger partial charge in [-0.3, -0.25) is 0 Å². The lowest BCUT2D eigenvalue weighted by Crippen LogP contribution is -1.96. The molecule has 2 N–H and O–H groups in total. The van der Waals surface area contributed by atoms with E-state index in [0.717, 1.165) is 5.56 Å². The van der Waals surface area contributed by atoms with Crippen LogP contribution in [-0.2, 0) is 0 Å². The standard InChI is InChI=1S/C11H10ClN3O/c1-7-2-3-8(12)6-9(7)16-10-4-5-14-11(13)15-10/h2-6H,1H3,(H2,13,14,15). The SMILES string of the molecule is Cc1ccc(Cl)cc1Oc1ccnc(N)n1. The maximum Gasteiger partial charge on any atom is 0.224 e. The minimum absolute atomic E-state index is 0.178. The second kappa shape index (κ2) is 4.37. The normalized spacial score (nSPS) is 10.1. The molecule has 4 nitrogen and oxygen atoms in total. The smallest absolute Gasteiger partial charge is 0.224 e. The summed E-state index contributed by atoms with van der Waals surface area (Å²) < 4.78 is 5.56. The van der Waals surface area contributed by atoms with Crippen molar-refractivity contribution in [1.29, 1.82) is 0 Å². The number of nitrogen functional groups attached to an aromatic ring is 1. The van der Waals surface area contributed by atoms with Gasteiger partial charge in [0.15, 0.2) is 0 Å². The molecule has 0 aliphatic carbocycles. The maximum atomic E-state index is 5.88. The Morgan fingerprint density at radius 3 is 2.88 bits per heavy atom. The zero-order valence-electron chi connectivity index (χ0n) is 8.64. The molecule has 82 valence electrons. The number of rotatable bonds is 2. The van der Waals surface area contributed by atoms with Crippen LogP contribution in [0.15, 0.2) is 30.5 Å². The molecule has 0 amide bonds. The first-order valence-corrected chi connectivity index (χ1v) is 5.05. The molecule has 0 saturated heterocycles. The van der Waals surface area contributed by atoms with E-state index in [-0.39, 0.29) is 5.95 Å². The number of aromatic nitrogens is 2. The molecule has 0 radical (unpaired) electrons. The molecule has 2 rings (SSSR count). The predicted octanol–water partition coefficient (Wildman–Crippen LogP) is 2.81. The summed E-state index contributed by atoms with van der Waals surface area (Å²) in [5.41, 5.74) is 6.43. The van der Waals surface area contributed by atoms with Gasteiger partial charge in [0.1, 0.15) is 5.75 Å². The fourth-order valence-electron chi connectivity index (χ4n) is 1.21. The van der Waals surface area contributed by atoms with E-state index in [4.69, 9.17) is 22.1 Å². The molecule has 0 fully saturated rings. The number of hydrogen-bond donors (Lipinski definition) is 1. The predicted molar refractivity (Wildman–Crippen MR) is 62.7 cm³/mol. The Kier molecular flexibility index (Phi) is 2.92. The van der Waals surface area contributed by atoms with E-state index < -0.39 is 0 Å². The second-order valence-corrected chi connectivity index (χ2v) is 3.70. The third kappa shape index (κ3) is 2.41. The van der Waals surface area contributed by atoms with Gasteiger partial charge in [-0.2, -0.15) is 4.98 Å². The van der Waals surface area contributed by atoms with Gasteiger partial charge in [-0.1, -0.05) is 17.7 Å². The van der Waals surface area contributed by atoms with Crippen LogP contribution in [0.1, 0.15) is 5.56 Å². The molecule has 0 aliphatic heterocycles. The zero-order valence-corrected chi connectivity index (χ0v) is 9.40.